The van der Waals surface area contributed by atoms with E-state index in [1.807, 2.05) is 0 Å². The van der Waals surface area contributed by atoms with E-state index in [1.54, 1.807) is 0 Å². The molecule has 0 aromatic heterocycles. The van der Waals surface area contributed by atoms with Gasteiger partial charge < -0.3 is 11.1 Å². The number of nitrogens with two attached hydrogens (primary N) is 1. The molecule has 0 fully saturated rings. The number of nitrogens with zero attached hydrogens (tertiary/aromatic N) is 1. The fraction of sp³-hybridized carbons (Fsp3) is 0.250. The number of hydrogen-bond acceptors (Lipinski definition) is 4. The van der Waals surface area contributed by atoms with Crippen LogP contribution in [0, 0.1) is 0 Å². The lowest BCUT2D eigenvalue weighted by atomic mass is 10.1. The second-order valence-electron chi connectivity index (χ2n) is 3.97. The number of fused-ring (bicyclic) bond motifs is 1. The Morgan fingerprint density at radius 3 is 2.53 bits per heavy atom. The molecule has 0 radical (unpaired) electrons. The molecule has 1 aromatic rings. The molecule has 0 aliphatic carbocycles. The molecule has 0 unspecified atom stereocenters. The topological polar surface area (TPSA) is 92.5 Å². The maximum absolute atomic E-state index is 11.7. The summed E-state index contributed by atoms with van der Waals surface area (Å²) in [6, 6.07) is 4.45. The van der Waals surface area contributed by atoms with Gasteiger partial charge in [0.2, 0.25) is 0 Å². The van der Waals surface area contributed by atoms with Gasteiger partial charge in [0.15, 0.2) is 0 Å². The Morgan fingerprint density at radius 1 is 1.26 bits per heavy atom. The van der Waals surface area contributed by atoms with Crippen molar-refractivity contribution >= 4 is 30.1 Å². The highest BCUT2D eigenvalue weighted by atomic mass is 35.5. The van der Waals surface area contributed by atoms with Crippen LogP contribution in [0.5, 0.6) is 0 Å². The lowest BCUT2D eigenvalue weighted by Crippen LogP contribution is -2.29. The highest BCUT2D eigenvalue weighted by Crippen LogP contribution is 2.22. The lowest BCUT2D eigenvalue weighted by Gasteiger charge is -2.04. The molecule has 1 aromatic carbocycles. The van der Waals surface area contributed by atoms with E-state index in [9.17, 15) is 14.4 Å². The first-order valence-electron chi connectivity index (χ1n) is 5.51. The summed E-state index contributed by atoms with van der Waals surface area (Å²) in [4.78, 5) is 36.1. The van der Waals surface area contributed by atoms with Crippen LogP contribution in [-0.4, -0.2) is 42.8 Å². The Hall–Kier alpha value is -1.92. The molecule has 0 spiro atoms. The highest BCUT2D eigenvalue weighted by Gasteiger charge is 2.33. The quantitative estimate of drug-likeness (QED) is 0.765. The number of hydrogen-bond donors (Lipinski definition) is 2. The molecule has 1 heterocycles. The molecule has 3 N–H and O–H groups in total. The van der Waals surface area contributed by atoms with E-state index >= 15 is 0 Å². The number of carbonyl (C=O) groups is 3. The molecule has 1 aliphatic heterocycles. The van der Waals surface area contributed by atoms with Gasteiger partial charge in [-0.2, -0.15) is 0 Å². The van der Waals surface area contributed by atoms with E-state index in [0.717, 1.165) is 4.90 Å². The predicted octanol–water partition coefficient (Wildman–Crippen LogP) is 0.0227. The Balaban J connectivity index is 0.00000180. The minimum absolute atomic E-state index is 0. The maximum Gasteiger partial charge on any atom is 0.261 e. The molecule has 7 heteroatoms. The summed E-state index contributed by atoms with van der Waals surface area (Å²) in [5.74, 6) is -1.04. The lowest BCUT2D eigenvalue weighted by molar-refractivity contribution is 0.0693. The zero-order valence-electron chi connectivity index (χ0n) is 10.3. The summed E-state index contributed by atoms with van der Waals surface area (Å²) in [6.45, 7) is 0.708. The van der Waals surface area contributed by atoms with Gasteiger partial charge in [-0.05, 0) is 18.2 Å². The van der Waals surface area contributed by atoms with Crippen LogP contribution in [0.25, 0.3) is 0 Å². The minimum Gasteiger partial charge on any atom is -0.351 e. The van der Waals surface area contributed by atoms with Gasteiger partial charge in [-0.1, -0.05) is 0 Å². The van der Waals surface area contributed by atoms with Crippen LogP contribution in [0.15, 0.2) is 18.2 Å². The number of rotatable bonds is 3. The molecule has 0 bridgehead atoms. The molecule has 0 saturated carbocycles. The van der Waals surface area contributed by atoms with E-state index in [2.05, 4.69) is 5.32 Å². The third-order valence-corrected chi connectivity index (χ3v) is 2.78. The van der Waals surface area contributed by atoms with Crippen molar-refractivity contribution in [2.45, 2.75) is 0 Å². The molecular formula is C12H14ClN3O3. The third kappa shape index (κ3) is 2.59. The van der Waals surface area contributed by atoms with Gasteiger partial charge in [-0.3, -0.25) is 19.3 Å². The fourth-order valence-electron chi connectivity index (χ4n) is 1.79. The molecule has 0 atom stereocenters. The van der Waals surface area contributed by atoms with Crippen LogP contribution in [0.3, 0.4) is 0 Å². The summed E-state index contributed by atoms with van der Waals surface area (Å²) >= 11 is 0. The van der Waals surface area contributed by atoms with Crippen molar-refractivity contribution in [3.8, 4) is 0 Å². The third-order valence-electron chi connectivity index (χ3n) is 2.78. The summed E-state index contributed by atoms with van der Waals surface area (Å²) in [6.07, 6.45) is 0. The van der Waals surface area contributed by atoms with E-state index in [0.29, 0.717) is 24.2 Å². The zero-order chi connectivity index (χ0) is 13.3. The smallest absolute Gasteiger partial charge is 0.261 e. The minimum atomic E-state index is -0.386. The number of halogens is 1. The second-order valence-corrected chi connectivity index (χ2v) is 3.97. The first kappa shape index (κ1) is 15.1. The van der Waals surface area contributed by atoms with Crippen LogP contribution in [0.4, 0.5) is 0 Å². The Labute approximate surface area is 116 Å². The number of imide groups is 1. The van der Waals surface area contributed by atoms with Crippen molar-refractivity contribution < 1.29 is 14.4 Å². The summed E-state index contributed by atoms with van der Waals surface area (Å²) in [5.41, 5.74) is 6.23. The van der Waals surface area contributed by atoms with Gasteiger partial charge in [0.1, 0.15) is 0 Å². The first-order valence-corrected chi connectivity index (χ1v) is 5.51. The maximum atomic E-state index is 11.7. The molecule has 2 rings (SSSR count). The van der Waals surface area contributed by atoms with Crippen molar-refractivity contribution in [1.29, 1.82) is 0 Å². The van der Waals surface area contributed by atoms with E-state index in [-0.39, 0.29) is 35.7 Å². The molecule has 102 valence electrons. The summed E-state index contributed by atoms with van der Waals surface area (Å²) in [5, 5.41) is 2.60. The van der Waals surface area contributed by atoms with Crippen LogP contribution >= 0.6 is 12.4 Å². The van der Waals surface area contributed by atoms with Crippen LogP contribution in [0.2, 0.25) is 0 Å². The van der Waals surface area contributed by atoms with Gasteiger partial charge in [0, 0.05) is 25.7 Å². The van der Waals surface area contributed by atoms with Crippen molar-refractivity contribution in [2.24, 2.45) is 5.73 Å². The number of carbonyl (C=O) groups excluding carboxylic acids is 3. The molecule has 0 saturated heterocycles. The average Bonchev–Trinajstić information content (AvgIpc) is 2.61. The molecule has 1 aliphatic rings. The molecule has 19 heavy (non-hydrogen) atoms. The predicted molar refractivity (Wildman–Crippen MR) is 71.5 cm³/mol. The van der Waals surface area contributed by atoms with E-state index in [4.69, 9.17) is 5.73 Å². The number of nitrogens with one attached hydrogen (secondary N) is 1. The number of benzene rings is 1. The standard InChI is InChI=1S/C12H13N3O3.ClH/c1-15-11(17)8-3-2-7(6-9(8)12(15)18)10(16)14-5-4-13;/h2-3,6H,4-5,13H2,1H3,(H,14,16);1H. The first-order chi connectivity index (χ1) is 8.56. The normalized spacial score (nSPS) is 13.1. The molecular weight excluding hydrogens is 270 g/mol. The highest BCUT2D eigenvalue weighted by molar-refractivity contribution is 6.21. The van der Waals surface area contributed by atoms with E-state index < -0.39 is 0 Å². The van der Waals surface area contributed by atoms with Crippen LogP contribution in [-0.2, 0) is 0 Å². The summed E-state index contributed by atoms with van der Waals surface area (Å²) in [7, 11) is 1.42. The zero-order valence-corrected chi connectivity index (χ0v) is 11.1. The van der Waals surface area contributed by atoms with Gasteiger partial charge >= 0.3 is 0 Å². The van der Waals surface area contributed by atoms with Gasteiger partial charge in [0.05, 0.1) is 11.1 Å². The van der Waals surface area contributed by atoms with Gasteiger partial charge in [-0.15, -0.1) is 12.4 Å². The number of amides is 3. The van der Waals surface area contributed by atoms with Gasteiger partial charge in [-0.25, -0.2) is 0 Å². The Bertz CT molecular complexity index is 545. The second kappa shape index (κ2) is 5.81. The van der Waals surface area contributed by atoms with Gasteiger partial charge in [0.25, 0.3) is 17.7 Å². The monoisotopic (exact) mass is 283 g/mol. The summed E-state index contributed by atoms with van der Waals surface area (Å²) < 4.78 is 0. The molecule has 3 amide bonds. The van der Waals surface area contributed by atoms with E-state index in [1.165, 1.54) is 25.2 Å². The fourth-order valence-corrected chi connectivity index (χ4v) is 1.79. The van der Waals surface area contributed by atoms with Crippen molar-refractivity contribution in [3.63, 3.8) is 0 Å². The van der Waals surface area contributed by atoms with Crippen molar-refractivity contribution in [2.75, 3.05) is 20.1 Å². The molecule has 6 nitrogen and oxygen atoms in total. The van der Waals surface area contributed by atoms with Crippen molar-refractivity contribution in [1.82, 2.24) is 10.2 Å². The Morgan fingerprint density at radius 2 is 1.89 bits per heavy atom. The van der Waals surface area contributed by atoms with Crippen LogP contribution < -0.4 is 11.1 Å². The van der Waals surface area contributed by atoms with Crippen LogP contribution in [0.1, 0.15) is 31.1 Å². The SMILES string of the molecule is CN1C(=O)c2ccc(C(=O)NCCN)cc2C1=O.Cl. The Kier molecular flexibility index (Phi) is 4.63. The van der Waals surface area contributed by atoms with Crippen molar-refractivity contribution in [3.05, 3.63) is 34.9 Å². The largest absolute Gasteiger partial charge is 0.351 e. The average molecular weight is 284 g/mol.